The van der Waals surface area contributed by atoms with E-state index in [9.17, 15) is 0 Å². The van der Waals surface area contributed by atoms with Crippen molar-refractivity contribution in [1.29, 1.82) is 0 Å². The van der Waals surface area contributed by atoms with Gasteiger partial charge in [0.2, 0.25) is 0 Å². The minimum Gasteiger partial charge on any atom is -0.467 e. The number of anilines is 1. The molecule has 2 saturated heterocycles. The fourth-order valence-corrected chi connectivity index (χ4v) is 4.31. The highest BCUT2D eigenvalue weighted by atomic mass is 16.5. The maximum absolute atomic E-state index is 5.77. The van der Waals surface area contributed by atoms with Gasteiger partial charge in [-0.1, -0.05) is 0 Å². The van der Waals surface area contributed by atoms with Crippen LogP contribution in [0.1, 0.15) is 17.2 Å². The van der Waals surface area contributed by atoms with Gasteiger partial charge in [-0.25, -0.2) is 4.68 Å². The number of benzene rings is 1. The Balaban J connectivity index is 1.59. The van der Waals surface area contributed by atoms with E-state index in [1.807, 2.05) is 16.9 Å². The molecule has 0 aliphatic carbocycles. The van der Waals surface area contributed by atoms with Crippen LogP contribution in [0.2, 0.25) is 0 Å². The lowest BCUT2D eigenvalue weighted by molar-refractivity contribution is 0.00488. The number of likely N-dealkylation sites (N-methyl/N-ethyl adjacent to an activating group) is 1. The fraction of sp³-hybridized carbons (Fsp3) is 0.500. The maximum atomic E-state index is 5.77. The molecule has 0 bridgehead atoms. The van der Waals surface area contributed by atoms with E-state index in [0.29, 0.717) is 31.6 Å². The quantitative estimate of drug-likeness (QED) is 0.629. The van der Waals surface area contributed by atoms with Gasteiger partial charge in [-0.2, -0.15) is 15.1 Å². The van der Waals surface area contributed by atoms with Gasteiger partial charge >= 0.3 is 6.01 Å². The Morgan fingerprint density at radius 1 is 1.00 bits per heavy atom. The Morgan fingerprint density at radius 2 is 1.77 bits per heavy atom. The normalized spacial score (nSPS) is 20.4. The number of aryl methyl sites for hydroxylation is 1. The Kier molecular flexibility index (Phi) is 5.47. The first kappa shape index (κ1) is 20.2. The Labute approximate surface area is 181 Å². The average Bonchev–Trinajstić information content (AvgIpc) is 3.22. The van der Waals surface area contributed by atoms with Crippen LogP contribution in [0.4, 0.5) is 5.82 Å². The zero-order valence-corrected chi connectivity index (χ0v) is 18.2. The van der Waals surface area contributed by atoms with Crippen LogP contribution < -0.4 is 9.64 Å². The second-order valence-corrected chi connectivity index (χ2v) is 8.07. The van der Waals surface area contributed by atoms with Crippen molar-refractivity contribution >= 4 is 16.7 Å². The molecule has 0 spiro atoms. The minimum absolute atomic E-state index is 0.227. The fourth-order valence-electron chi connectivity index (χ4n) is 4.31. The smallest absolute Gasteiger partial charge is 0.320 e. The number of hydrogen-bond donors (Lipinski definition) is 0. The monoisotopic (exact) mass is 424 g/mol. The molecule has 1 unspecified atom stereocenters. The summed E-state index contributed by atoms with van der Waals surface area (Å²) in [6.45, 7) is 7.49. The van der Waals surface area contributed by atoms with Crippen LogP contribution in [0.25, 0.3) is 16.7 Å². The maximum Gasteiger partial charge on any atom is 0.320 e. The van der Waals surface area contributed by atoms with Crippen LogP contribution in [-0.4, -0.2) is 84.9 Å². The molecule has 2 aliphatic heterocycles. The van der Waals surface area contributed by atoms with E-state index >= 15 is 0 Å². The summed E-state index contributed by atoms with van der Waals surface area (Å²) in [6.07, 6.45) is 1.89. The molecule has 0 radical (unpaired) electrons. The van der Waals surface area contributed by atoms with E-state index < -0.39 is 0 Å². The number of nitrogens with zero attached hydrogens (tertiary/aromatic N) is 6. The van der Waals surface area contributed by atoms with Gasteiger partial charge in [0.05, 0.1) is 51.3 Å². The number of fused-ring (bicyclic) bond motifs is 1. The van der Waals surface area contributed by atoms with Crippen molar-refractivity contribution < 1.29 is 14.2 Å². The molecule has 5 rings (SSSR count). The zero-order chi connectivity index (χ0) is 21.4. The standard InChI is InChI=1S/C22H28N6O3/c1-15-10-16-13-23-28(18(16)11-17(15)19-14-31-7-4-26(19)2)21-12-20(24-22(25-21)29-3)27-5-8-30-9-6-27/h10-13,19H,4-9,14H2,1-3H3. The molecule has 31 heavy (non-hydrogen) atoms. The van der Waals surface area contributed by atoms with Crippen molar-refractivity contribution in [2.75, 3.05) is 65.1 Å². The largest absolute Gasteiger partial charge is 0.467 e. The van der Waals surface area contributed by atoms with Gasteiger partial charge in [0.15, 0.2) is 5.82 Å². The summed E-state index contributed by atoms with van der Waals surface area (Å²) >= 11 is 0. The number of morpholine rings is 2. The molecule has 2 aliphatic rings. The van der Waals surface area contributed by atoms with Crippen LogP contribution in [0.15, 0.2) is 24.4 Å². The van der Waals surface area contributed by atoms with Gasteiger partial charge in [-0.05, 0) is 37.2 Å². The molecule has 9 nitrogen and oxygen atoms in total. The van der Waals surface area contributed by atoms with Crippen molar-refractivity contribution in [2.45, 2.75) is 13.0 Å². The number of aromatic nitrogens is 4. The lowest BCUT2D eigenvalue weighted by Crippen LogP contribution is -2.37. The molecule has 164 valence electrons. The molecule has 1 atom stereocenters. The summed E-state index contributed by atoms with van der Waals surface area (Å²) in [5.41, 5.74) is 3.50. The number of hydrogen-bond acceptors (Lipinski definition) is 8. The number of ether oxygens (including phenoxy) is 3. The summed E-state index contributed by atoms with van der Waals surface area (Å²) in [5.74, 6) is 1.51. The predicted octanol–water partition coefficient (Wildman–Crippen LogP) is 1.97. The summed E-state index contributed by atoms with van der Waals surface area (Å²) in [7, 11) is 3.74. The molecule has 0 amide bonds. The van der Waals surface area contributed by atoms with Crippen LogP contribution in [0.5, 0.6) is 6.01 Å². The molecule has 3 aromatic rings. The van der Waals surface area contributed by atoms with Crippen molar-refractivity contribution in [3.05, 3.63) is 35.5 Å². The third-order valence-corrected chi connectivity index (χ3v) is 6.12. The molecule has 4 heterocycles. The van der Waals surface area contributed by atoms with Crippen LogP contribution in [0.3, 0.4) is 0 Å². The lowest BCUT2D eigenvalue weighted by atomic mass is 9.98. The zero-order valence-electron chi connectivity index (χ0n) is 18.2. The highest BCUT2D eigenvalue weighted by Gasteiger charge is 2.24. The molecular formula is C22H28N6O3. The van der Waals surface area contributed by atoms with E-state index in [1.54, 1.807) is 7.11 Å². The van der Waals surface area contributed by atoms with E-state index in [4.69, 9.17) is 14.2 Å². The SMILES string of the molecule is COc1nc(N2CCOCC2)cc(-n2ncc3cc(C)c(C4COCCN4C)cc32)n1. The van der Waals surface area contributed by atoms with Crippen molar-refractivity contribution in [3.63, 3.8) is 0 Å². The molecule has 9 heteroatoms. The topological polar surface area (TPSA) is 77.8 Å². The molecule has 2 fully saturated rings. The van der Waals surface area contributed by atoms with Gasteiger partial charge in [0, 0.05) is 31.1 Å². The molecule has 1 aromatic carbocycles. The van der Waals surface area contributed by atoms with Gasteiger partial charge < -0.3 is 19.1 Å². The first-order chi connectivity index (χ1) is 15.1. The summed E-state index contributed by atoms with van der Waals surface area (Å²) in [4.78, 5) is 13.7. The van der Waals surface area contributed by atoms with E-state index in [-0.39, 0.29) is 6.04 Å². The van der Waals surface area contributed by atoms with Crippen LogP contribution in [0, 0.1) is 6.92 Å². The van der Waals surface area contributed by atoms with E-state index in [2.05, 4.69) is 51.0 Å². The third kappa shape index (κ3) is 3.84. The highest BCUT2D eigenvalue weighted by Crippen LogP contribution is 2.31. The third-order valence-electron chi connectivity index (χ3n) is 6.12. The van der Waals surface area contributed by atoms with Crippen molar-refractivity contribution in [3.8, 4) is 11.8 Å². The van der Waals surface area contributed by atoms with Crippen LogP contribution >= 0.6 is 0 Å². The summed E-state index contributed by atoms with van der Waals surface area (Å²) < 4.78 is 18.5. The number of methoxy groups -OCH3 is 1. The second-order valence-electron chi connectivity index (χ2n) is 8.07. The van der Waals surface area contributed by atoms with E-state index in [0.717, 1.165) is 43.0 Å². The summed E-state index contributed by atoms with van der Waals surface area (Å²) in [6, 6.07) is 6.94. The van der Waals surface area contributed by atoms with Crippen molar-refractivity contribution in [2.24, 2.45) is 0 Å². The Morgan fingerprint density at radius 3 is 2.55 bits per heavy atom. The van der Waals surface area contributed by atoms with Gasteiger partial charge in [-0.15, -0.1) is 0 Å². The lowest BCUT2D eigenvalue weighted by Gasteiger charge is -2.33. The molecular weight excluding hydrogens is 396 g/mol. The van der Waals surface area contributed by atoms with Gasteiger partial charge in [-0.3, -0.25) is 4.90 Å². The summed E-state index contributed by atoms with van der Waals surface area (Å²) in [5, 5.41) is 5.73. The second kappa shape index (κ2) is 8.41. The van der Waals surface area contributed by atoms with Gasteiger partial charge in [0.1, 0.15) is 5.82 Å². The number of rotatable bonds is 4. The molecule has 2 aromatic heterocycles. The predicted molar refractivity (Wildman–Crippen MR) is 117 cm³/mol. The van der Waals surface area contributed by atoms with E-state index in [1.165, 1.54) is 11.1 Å². The molecule has 0 saturated carbocycles. The minimum atomic E-state index is 0.227. The van der Waals surface area contributed by atoms with Crippen LogP contribution in [-0.2, 0) is 9.47 Å². The Hall–Kier alpha value is -2.75. The average molecular weight is 425 g/mol. The highest BCUT2D eigenvalue weighted by molar-refractivity contribution is 5.82. The molecule has 0 N–H and O–H groups in total. The van der Waals surface area contributed by atoms with Gasteiger partial charge in [0.25, 0.3) is 0 Å². The first-order valence-electron chi connectivity index (χ1n) is 10.7. The first-order valence-corrected chi connectivity index (χ1v) is 10.7. The van der Waals surface area contributed by atoms with Crippen molar-refractivity contribution in [1.82, 2.24) is 24.6 Å². The Bertz CT molecular complexity index is 1080.